The highest BCUT2D eigenvalue weighted by atomic mass is 16.5. The zero-order valence-electron chi connectivity index (χ0n) is 9.12. The van der Waals surface area contributed by atoms with Crippen LogP contribution in [-0.2, 0) is 14.3 Å². The van der Waals surface area contributed by atoms with Crippen molar-refractivity contribution in [1.29, 1.82) is 0 Å². The van der Waals surface area contributed by atoms with Crippen molar-refractivity contribution in [3.63, 3.8) is 0 Å². The Labute approximate surface area is 89.8 Å². The summed E-state index contributed by atoms with van der Waals surface area (Å²) < 4.78 is 5.05. The summed E-state index contributed by atoms with van der Waals surface area (Å²) in [6, 6.07) is 0. The lowest BCUT2D eigenvalue weighted by Crippen LogP contribution is -2.26. The van der Waals surface area contributed by atoms with E-state index in [9.17, 15) is 9.59 Å². The van der Waals surface area contributed by atoms with Gasteiger partial charge in [0.15, 0.2) is 0 Å². The summed E-state index contributed by atoms with van der Waals surface area (Å²) in [5, 5.41) is 11.1. The Morgan fingerprint density at radius 2 is 1.93 bits per heavy atom. The highest BCUT2D eigenvalue weighted by molar-refractivity contribution is 5.75. The van der Waals surface area contributed by atoms with E-state index in [4.69, 9.17) is 9.84 Å². The number of unbranched alkanes of at least 4 members (excludes halogenated alkanes) is 1. The molecule has 15 heavy (non-hydrogen) atoms. The lowest BCUT2D eigenvalue weighted by molar-refractivity contribution is -0.137. The monoisotopic (exact) mass is 217 g/mol. The number of aliphatic carboxylic acids is 1. The van der Waals surface area contributed by atoms with Crippen molar-refractivity contribution in [2.75, 3.05) is 19.8 Å². The average molecular weight is 217 g/mol. The van der Waals surface area contributed by atoms with Gasteiger partial charge in [-0.15, -0.1) is 0 Å². The topological polar surface area (TPSA) is 75.6 Å². The second-order valence-electron chi connectivity index (χ2n) is 3.15. The first kappa shape index (κ1) is 13.9. The van der Waals surface area contributed by atoms with Gasteiger partial charge in [0.05, 0.1) is 6.61 Å². The Morgan fingerprint density at radius 1 is 1.27 bits per heavy atom. The minimum Gasteiger partial charge on any atom is -0.481 e. The van der Waals surface area contributed by atoms with Crippen LogP contribution < -0.4 is 5.32 Å². The third-order valence-electron chi connectivity index (χ3n) is 1.82. The highest BCUT2D eigenvalue weighted by Gasteiger charge is 2.01. The molecular formula is C10H19NO4. The Bertz CT molecular complexity index is 194. The number of carbonyl (C=O) groups excluding carboxylic acids is 1. The van der Waals surface area contributed by atoms with Crippen molar-refractivity contribution < 1.29 is 19.4 Å². The van der Waals surface area contributed by atoms with Crippen LogP contribution in [0.3, 0.4) is 0 Å². The van der Waals surface area contributed by atoms with E-state index in [2.05, 4.69) is 5.32 Å². The van der Waals surface area contributed by atoms with Crippen molar-refractivity contribution in [2.45, 2.75) is 32.6 Å². The number of nitrogens with one attached hydrogen (secondary N) is 1. The van der Waals surface area contributed by atoms with E-state index in [-0.39, 0.29) is 12.3 Å². The number of hydrogen-bond acceptors (Lipinski definition) is 3. The van der Waals surface area contributed by atoms with Gasteiger partial charge in [0.1, 0.15) is 0 Å². The van der Waals surface area contributed by atoms with Gasteiger partial charge in [-0.3, -0.25) is 9.59 Å². The number of carbonyl (C=O) groups is 2. The summed E-state index contributed by atoms with van der Waals surface area (Å²) >= 11 is 0. The fourth-order valence-electron chi connectivity index (χ4n) is 1.06. The maximum atomic E-state index is 11.1. The molecule has 0 aromatic carbocycles. The van der Waals surface area contributed by atoms with Gasteiger partial charge in [0.25, 0.3) is 0 Å². The van der Waals surface area contributed by atoms with Gasteiger partial charge in [-0.1, -0.05) is 0 Å². The van der Waals surface area contributed by atoms with Gasteiger partial charge in [-0.05, 0) is 19.8 Å². The van der Waals surface area contributed by atoms with Crippen molar-refractivity contribution in [3.8, 4) is 0 Å². The van der Waals surface area contributed by atoms with Crippen LogP contribution in [0.5, 0.6) is 0 Å². The predicted molar refractivity (Wildman–Crippen MR) is 55.6 cm³/mol. The highest BCUT2D eigenvalue weighted by Crippen LogP contribution is 1.99. The molecule has 1 amide bonds. The SMILES string of the molecule is CCOCCNC(=O)CCCCC(=O)O. The summed E-state index contributed by atoms with van der Waals surface area (Å²) in [5.74, 6) is -0.855. The Hall–Kier alpha value is -1.10. The molecule has 0 radical (unpaired) electrons. The van der Waals surface area contributed by atoms with E-state index in [0.29, 0.717) is 39.0 Å². The fraction of sp³-hybridized carbons (Fsp3) is 0.800. The molecule has 0 heterocycles. The van der Waals surface area contributed by atoms with Crippen molar-refractivity contribution in [1.82, 2.24) is 5.32 Å². The predicted octanol–water partition coefficient (Wildman–Crippen LogP) is 0.784. The Morgan fingerprint density at radius 3 is 2.53 bits per heavy atom. The zero-order chi connectivity index (χ0) is 11.5. The normalized spacial score (nSPS) is 9.93. The lowest BCUT2D eigenvalue weighted by atomic mass is 10.2. The van der Waals surface area contributed by atoms with E-state index >= 15 is 0 Å². The van der Waals surface area contributed by atoms with Crippen LogP contribution in [0.4, 0.5) is 0 Å². The molecule has 5 nitrogen and oxygen atoms in total. The first-order valence-electron chi connectivity index (χ1n) is 5.23. The largest absolute Gasteiger partial charge is 0.481 e. The maximum Gasteiger partial charge on any atom is 0.303 e. The summed E-state index contributed by atoms with van der Waals surface area (Å²) in [4.78, 5) is 21.3. The van der Waals surface area contributed by atoms with Crippen molar-refractivity contribution >= 4 is 11.9 Å². The second kappa shape index (κ2) is 9.45. The smallest absolute Gasteiger partial charge is 0.303 e. The van der Waals surface area contributed by atoms with E-state index in [1.54, 1.807) is 0 Å². The van der Waals surface area contributed by atoms with Crippen molar-refractivity contribution in [2.24, 2.45) is 0 Å². The average Bonchev–Trinajstić information content (AvgIpc) is 2.19. The molecule has 0 aromatic rings. The molecule has 0 aromatic heterocycles. The first-order valence-corrected chi connectivity index (χ1v) is 5.23. The molecule has 0 aliphatic heterocycles. The fourth-order valence-corrected chi connectivity index (χ4v) is 1.06. The number of rotatable bonds is 9. The number of carboxylic acid groups (broad SMARTS) is 1. The van der Waals surface area contributed by atoms with Gasteiger partial charge < -0.3 is 15.2 Å². The van der Waals surface area contributed by atoms with Crippen LogP contribution in [0.1, 0.15) is 32.6 Å². The van der Waals surface area contributed by atoms with Gasteiger partial charge in [-0.2, -0.15) is 0 Å². The van der Waals surface area contributed by atoms with Crippen molar-refractivity contribution in [3.05, 3.63) is 0 Å². The minimum atomic E-state index is -0.813. The zero-order valence-corrected chi connectivity index (χ0v) is 9.12. The lowest BCUT2D eigenvalue weighted by Gasteiger charge is -2.04. The van der Waals surface area contributed by atoms with Crippen LogP contribution in [0, 0.1) is 0 Å². The minimum absolute atomic E-state index is 0.0416. The molecule has 0 atom stereocenters. The molecule has 0 rings (SSSR count). The summed E-state index contributed by atoms with van der Waals surface area (Å²) in [5.41, 5.74) is 0. The molecule has 0 fully saturated rings. The Balaban J connectivity index is 3.22. The van der Waals surface area contributed by atoms with Gasteiger partial charge in [0, 0.05) is 26.0 Å². The molecule has 0 saturated heterocycles. The molecule has 0 unspecified atom stereocenters. The van der Waals surface area contributed by atoms with E-state index in [1.165, 1.54) is 0 Å². The van der Waals surface area contributed by atoms with E-state index < -0.39 is 5.97 Å². The molecule has 0 bridgehead atoms. The van der Waals surface area contributed by atoms with Crippen LogP contribution >= 0.6 is 0 Å². The summed E-state index contributed by atoms with van der Waals surface area (Å²) in [6.45, 7) is 3.59. The third kappa shape index (κ3) is 10.8. The maximum absolute atomic E-state index is 11.1. The molecule has 88 valence electrons. The van der Waals surface area contributed by atoms with E-state index in [1.807, 2.05) is 6.92 Å². The molecule has 5 heteroatoms. The number of hydrogen-bond donors (Lipinski definition) is 2. The molecule has 0 aliphatic carbocycles. The summed E-state index contributed by atoms with van der Waals surface area (Å²) in [7, 11) is 0. The van der Waals surface area contributed by atoms with Gasteiger partial charge >= 0.3 is 5.97 Å². The molecule has 0 aliphatic rings. The molecule has 0 saturated carbocycles. The molecular weight excluding hydrogens is 198 g/mol. The van der Waals surface area contributed by atoms with Gasteiger partial charge in [0.2, 0.25) is 5.91 Å². The van der Waals surface area contributed by atoms with Gasteiger partial charge in [-0.25, -0.2) is 0 Å². The van der Waals surface area contributed by atoms with Crippen LogP contribution in [0.15, 0.2) is 0 Å². The first-order chi connectivity index (χ1) is 7.16. The number of carboxylic acids is 1. The Kier molecular flexibility index (Phi) is 8.76. The van der Waals surface area contributed by atoms with Crippen LogP contribution in [-0.4, -0.2) is 36.7 Å². The quantitative estimate of drug-likeness (QED) is 0.560. The molecule has 0 spiro atoms. The summed E-state index contributed by atoms with van der Waals surface area (Å²) in [6.07, 6.45) is 1.69. The number of ether oxygens (including phenoxy) is 1. The van der Waals surface area contributed by atoms with Crippen LogP contribution in [0.2, 0.25) is 0 Å². The van der Waals surface area contributed by atoms with Crippen LogP contribution in [0.25, 0.3) is 0 Å². The molecule has 2 N–H and O–H groups in total. The second-order valence-corrected chi connectivity index (χ2v) is 3.15. The standard InChI is InChI=1S/C10H19NO4/c1-2-15-8-7-11-9(12)5-3-4-6-10(13)14/h2-8H2,1H3,(H,11,12)(H,13,14). The number of amides is 1. The third-order valence-corrected chi connectivity index (χ3v) is 1.82. The van der Waals surface area contributed by atoms with E-state index in [0.717, 1.165) is 0 Å².